The maximum atomic E-state index is 11.6. The van der Waals surface area contributed by atoms with Gasteiger partial charge in [0.2, 0.25) is 0 Å². The molecule has 0 fully saturated rings. The third-order valence-corrected chi connectivity index (χ3v) is 3.66. The molecule has 3 aromatic rings. The quantitative estimate of drug-likeness (QED) is 0.391. The van der Waals surface area contributed by atoms with Gasteiger partial charge >= 0.3 is 11.3 Å². The van der Waals surface area contributed by atoms with Gasteiger partial charge in [0.1, 0.15) is 17.9 Å². The summed E-state index contributed by atoms with van der Waals surface area (Å²) in [4.78, 5) is 23.2. The van der Waals surface area contributed by atoms with E-state index in [0.717, 1.165) is 10.9 Å². The zero-order chi connectivity index (χ0) is 13.9. The van der Waals surface area contributed by atoms with Gasteiger partial charge in [0.05, 0.1) is 10.8 Å². The number of benzene rings is 1. The number of rotatable bonds is 1. The van der Waals surface area contributed by atoms with Gasteiger partial charge in [-0.1, -0.05) is 0 Å². The second-order valence-electron chi connectivity index (χ2n) is 4.56. The first-order valence-electron chi connectivity index (χ1n) is 5.92. The summed E-state index contributed by atoms with van der Waals surface area (Å²) in [5.41, 5.74) is 1.02. The van der Waals surface area contributed by atoms with E-state index in [1.165, 1.54) is 12.1 Å². The first kappa shape index (κ1) is 11.5. The predicted molar refractivity (Wildman–Crippen MR) is 72.4 cm³/mol. The fourth-order valence-corrected chi connectivity index (χ4v) is 2.80. The van der Waals surface area contributed by atoms with Crippen LogP contribution in [0.1, 0.15) is 11.1 Å². The number of halogens is 1. The summed E-state index contributed by atoms with van der Waals surface area (Å²) in [6.07, 6.45) is 0. The van der Waals surface area contributed by atoms with Gasteiger partial charge in [0, 0.05) is 29.6 Å². The van der Waals surface area contributed by atoms with Crippen LogP contribution in [0.4, 0.5) is 0 Å². The van der Waals surface area contributed by atoms with Crippen LogP contribution in [0, 0.1) is 0 Å². The highest BCUT2D eigenvalue weighted by Gasteiger charge is 2.23. The van der Waals surface area contributed by atoms with Gasteiger partial charge in [-0.2, -0.15) is 0 Å². The van der Waals surface area contributed by atoms with Gasteiger partial charge in [0.25, 0.3) is 0 Å². The smallest absolute Gasteiger partial charge is 0.336 e. The Morgan fingerprint density at radius 1 is 1.05 bits per heavy atom. The van der Waals surface area contributed by atoms with Gasteiger partial charge in [-0.15, -0.1) is 11.6 Å². The SMILES string of the molecule is O=c1cc(CCl)c2c(cc3c4c(cc(=O)oc42)CO3)o1. The first-order chi connectivity index (χ1) is 9.67. The third-order valence-electron chi connectivity index (χ3n) is 3.38. The van der Waals surface area contributed by atoms with Crippen LogP contribution in [0.15, 0.2) is 36.6 Å². The van der Waals surface area contributed by atoms with E-state index in [0.29, 0.717) is 34.5 Å². The van der Waals surface area contributed by atoms with Crippen LogP contribution in [0.25, 0.3) is 21.9 Å². The van der Waals surface area contributed by atoms with E-state index in [1.54, 1.807) is 6.07 Å². The number of hydrogen-bond acceptors (Lipinski definition) is 5. The molecule has 1 aliphatic rings. The maximum absolute atomic E-state index is 11.6. The molecule has 20 heavy (non-hydrogen) atoms. The minimum absolute atomic E-state index is 0.116. The highest BCUT2D eigenvalue weighted by atomic mass is 35.5. The number of hydrogen-bond donors (Lipinski definition) is 0. The molecule has 4 rings (SSSR count). The standard InChI is InChI=1S/C14H7ClO5/c15-4-6-1-10(16)19-9-3-8-13-7(5-18-8)2-11(17)20-14(13)12(6)9/h1-3H,4-5H2. The van der Waals surface area contributed by atoms with Crippen molar-refractivity contribution in [3.8, 4) is 5.75 Å². The third kappa shape index (κ3) is 1.44. The lowest BCUT2D eigenvalue weighted by Gasteiger charge is -2.06. The molecule has 0 N–H and O–H groups in total. The topological polar surface area (TPSA) is 69.7 Å². The van der Waals surface area contributed by atoms with Gasteiger partial charge in [-0.3, -0.25) is 0 Å². The van der Waals surface area contributed by atoms with Gasteiger partial charge in [-0.05, 0) is 5.56 Å². The van der Waals surface area contributed by atoms with E-state index < -0.39 is 11.3 Å². The summed E-state index contributed by atoms with van der Waals surface area (Å²) in [6, 6.07) is 4.34. The monoisotopic (exact) mass is 290 g/mol. The molecule has 0 radical (unpaired) electrons. The Labute approximate surface area is 116 Å². The van der Waals surface area contributed by atoms with Crippen molar-refractivity contribution in [1.29, 1.82) is 0 Å². The molecule has 0 bridgehead atoms. The summed E-state index contributed by atoms with van der Waals surface area (Å²) < 4.78 is 16.0. The molecule has 0 spiro atoms. The van der Waals surface area contributed by atoms with Crippen molar-refractivity contribution >= 4 is 33.5 Å². The minimum atomic E-state index is -0.504. The molecule has 0 saturated heterocycles. The number of fused-ring (bicyclic) bond motifs is 2. The molecule has 100 valence electrons. The molecule has 0 amide bonds. The average Bonchev–Trinajstić information content (AvgIpc) is 2.81. The molecule has 0 saturated carbocycles. The van der Waals surface area contributed by atoms with Crippen molar-refractivity contribution in [2.24, 2.45) is 0 Å². The lowest BCUT2D eigenvalue weighted by molar-refractivity contribution is 0.326. The fourth-order valence-electron chi connectivity index (χ4n) is 2.59. The molecular weight excluding hydrogens is 284 g/mol. The van der Waals surface area contributed by atoms with Crippen molar-refractivity contribution in [3.63, 3.8) is 0 Å². The molecular formula is C14H7ClO5. The van der Waals surface area contributed by atoms with Crippen molar-refractivity contribution in [3.05, 3.63) is 50.2 Å². The van der Waals surface area contributed by atoms with Crippen LogP contribution >= 0.6 is 11.6 Å². The molecule has 0 atom stereocenters. The number of alkyl halides is 1. The lowest BCUT2D eigenvalue weighted by Crippen LogP contribution is -2.02. The Balaban J connectivity index is 2.36. The first-order valence-corrected chi connectivity index (χ1v) is 6.46. The molecule has 2 aromatic heterocycles. The van der Waals surface area contributed by atoms with Gasteiger partial charge in [-0.25, -0.2) is 9.59 Å². The van der Waals surface area contributed by atoms with Crippen LogP contribution in [0.3, 0.4) is 0 Å². The molecule has 1 aromatic carbocycles. The molecule has 0 aliphatic carbocycles. The van der Waals surface area contributed by atoms with E-state index in [-0.39, 0.29) is 5.88 Å². The van der Waals surface area contributed by atoms with Crippen LogP contribution in [0.2, 0.25) is 0 Å². The summed E-state index contributed by atoms with van der Waals surface area (Å²) in [5.74, 6) is 0.659. The fraction of sp³-hybridized carbons (Fsp3) is 0.143. The Bertz CT molecular complexity index is 983. The normalized spacial score (nSPS) is 13.1. The minimum Gasteiger partial charge on any atom is -0.488 e. The Kier molecular flexibility index (Phi) is 2.23. The Morgan fingerprint density at radius 2 is 1.85 bits per heavy atom. The van der Waals surface area contributed by atoms with E-state index in [1.807, 2.05) is 0 Å². The van der Waals surface area contributed by atoms with Crippen molar-refractivity contribution in [2.45, 2.75) is 12.5 Å². The summed E-state index contributed by atoms with van der Waals surface area (Å²) in [6.45, 7) is 0.300. The van der Waals surface area contributed by atoms with Crippen LogP contribution in [-0.4, -0.2) is 0 Å². The molecule has 5 nitrogen and oxygen atoms in total. The van der Waals surface area contributed by atoms with Gasteiger partial charge < -0.3 is 13.6 Å². The zero-order valence-corrected chi connectivity index (χ0v) is 10.8. The van der Waals surface area contributed by atoms with Crippen molar-refractivity contribution < 1.29 is 13.6 Å². The molecule has 1 aliphatic heterocycles. The van der Waals surface area contributed by atoms with E-state index in [4.69, 9.17) is 25.2 Å². The zero-order valence-electron chi connectivity index (χ0n) is 10.1. The summed E-state index contributed by atoms with van der Waals surface area (Å²) >= 11 is 5.88. The summed E-state index contributed by atoms with van der Waals surface area (Å²) in [5, 5.41) is 1.28. The Hall–Kier alpha value is -2.27. The maximum Gasteiger partial charge on any atom is 0.336 e. The largest absolute Gasteiger partial charge is 0.488 e. The van der Waals surface area contributed by atoms with Gasteiger partial charge in [0.15, 0.2) is 5.58 Å². The van der Waals surface area contributed by atoms with Crippen molar-refractivity contribution in [2.75, 3.05) is 0 Å². The lowest BCUT2D eigenvalue weighted by atomic mass is 10.1. The molecule has 3 heterocycles. The van der Waals surface area contributed by atoms with E-state index in [2.05, 4.69) is 0 Å². The van der Waals surface area contributed by atoms with Crippen LogP contribution < -0.4 is 16.0 Å². The second kappa shape index (κ2) is 3.86. The molecule has 0 unspecified atom stereocenters. The van der Waals surface area contributed by atoms with Crippen molar-refractivity contribution in [1.82, 2.24) is 0 Å². The van der Waals surface area contributed by atoms with E-state index >= 15 is 0 Å². The second-order valence-corrected chi connectivity index (χ2v) is 4.82. The predicted octanol–water partition coefficient (Wildman–Crippen LogP) is 2.53. The Morgan fingerprint density at radius 3 is 2.65 bits per heavy atom. The number of ether oxygens (including phenoxy) is 1. The highest BCUT2D eigenvalue weighted by molar-refractivity contribution is 6.19. The van der Waals surface area contributed by atoms with E-state index in [9.17, 15) is 9.59 Å². The molecule has 6 heteroatoms. The summed E-state index contributed by atoms with van der Waals surface area (Å²) in [7, 11) is 0. The average molecular weight is 291 g/mol. The highest BCUT2D eigenvalue weighted by Crippen LogP contribution is 2.40. The van der Waals surface area contributed by atoms with Crippen LogP contribution in [-0.2, 0) is 12.5 Å². The van der Waals surface area contributed by atoms with Crippen LogP contribution in [0.5, 0.6) is 5.75 Å².